The van der Waals surface area contributed by atoms with Crippen LogP contribution < -0.4 is 18.1 Å². The number of amides is 2. The standard InChI is InChI=1S/2C34H34FN3O6S/c2*1-5-28(39)31-25-17-24(27(37(2)45(4,41)42)18-30(25)44-33(31)20-11-13-23(35)14-12-20)22-9-7-15-38(19-22)34(40)26-16-21-8-6-10-29(43-3)32(21)36-26/h2*6,8,10-14,16-18,22,36H,5,7,9,15,19H2,1-4H3/t2*22-/m10/s1. The molecule has 6 aromatic carbocycles. The molecule has 6 heterocycles. The number of halogens is 2. The number of carbonyl (C=O) groups excluding carboxylic acids is 4. The number of anilines is 2. The fraction of sp³-hybridized carbons (Fsp3) is 0.294. The number of methoxy groups -OCH3 is 2. The number of Topliss-reactive ketones (excluding diaryl/α,β-unsaturated/α-hetero) is 2. The number of aromatic amines is 2. The third-order valence-electron chi connectivity index (χ3n) is 17.2. The van der Waals surface area contributed by atoms with Crippen molar-refractivity contribution in [1.29, 1.82) is 0 Å². The van der Waals surface area contributed by atoms with Gasteiger partial charge >= 0.3 is 0 Å². The fourth-order valence-corrected chi connectivity index (χ4v) is 13.4. The molecular formula is C68H68F2N6O12S2. The van der Waals surface area contributed by atoms with E-state index in [4.69, 9.17) is 18.3 Å². The number of ether oxygens (including phenoxy) is 2. The van der Waals surface area contributed by atoms with Gasteiger partial charge in [0.05, 0.1) is 60.3 Å². The summed E-state index contributed by atoms with van der Waals surface area (Å²) in [5.41, 5.74) is 7.06. The lowest BCUT2D eigenvalue weighted by atomic mass is 9.87. The van der Waals surface area contributed by atoms with E-state index in [1.807, 2.05) is 60.7 Å². The maximum atomic E-state index is 13.8. The topological polar surface area (TPSA) is 226 Å². The second-order valence-electron chi connectivity index (χ2n) is 22.9. The van der Waals surface area contributed by atoms with E-state index in [9.17, 15) is 44.8 Å². The molecule has 468 valence electrons. The van der Waals surface area contributed by atoms with E-state index < -0.39 is 31.7 Å². The molecule has 2 N–H and O–H groups in total. The van der Waals surface area contributed by atoms with Crippen LogP contribution in [0.1, 0.15) is 117 Å². The van der Waals surface area contributed by atoms with Crippen molar-refractivity contribution in [1.82, 2.24) is 19.8 Å². The van der Waals surface area contributed by atoms with Crippen LogP contribution in [-0.2, 0) is 20.0 Å². The van der Waals surface area contributed by atoms with Gasteiger partial charge in [0.25, 0.3) is 11.8 Å². The lowest BCUT2D eigenvalue weighted by Gasteiger charge is -2.34. The Balaban J connectivity index is 0.000000185. The maximum absolute atomic E-state index is 13.8. The average Bonchev–Trinajstić information content (AvgIpc) is 1.58. The van der Waals surface area contributed by atoms with Gasteiger partial charge in [0.1, 0.15) is 57.2 Å². The number of aromatic nitrogens is 2. The fourth-order valence-electron chi connectivity index (χ4n) is 12.4. The van der Waals surface area contributed by atoms with Crippen LogP contribution in [0.25, 0.3) is 66.4 Å². The number of nitrogens with one attached hydrogen (secondary N) is 2. The number of hydrogen-bond acceptors (Lipinski definition) is 12. The molecule has 10 aromatic rings. The summed E-state index contributed by atoms with van der Waals surface area (Å²) >= 11 is 0. The highest BCUT2D eigenvalue weighted by molar-refractivity contribution is 7.92. The van der Waals surface area contributed by atoms with Crippen LogP contribution in [-0.4, -0.2) is 127 Å². The third kappa shape index (κ3) is 12.0. The molecule has 0 unspecified atom stereocenters. The third-order valence-corrected chi connectivity index (χ3v) is 19.6. The zero-order chi connectivity index (χ0) is 64.1. The number of rotatable bonds is 16. The number of benzene rings is 6. The first-order valence-electron chi connectivity index (χ1n) is 29.6. The summed E-state index contributed by atoms with van der Waals surface area (Å²) in [5, 5.41) is 2.82. The van der Waals surface area contributed by atoms with Crippen molar-refractivity contribution >= 4 is 98.5 Å². The first kappa shape index (κ1) is 62.3. The minimum Gasteiger partial charge on any atom is -0.495 e. The number of H-pyrrole nitrogens is 2. The first-order valence-corrected chi connectivity index (χ1v) is 33.3. The van der Waals surface area contributed by atoms with E-state index >= 15 is 0 Å². The Morgan fingerprint density at radius 3 is 1.29 bits per heavy atom. The number of para-hydroxylation sites is 2. The van der Waals surface area contributed by atoms with Crippen LogP contribution >= 0.6 is 0 Å². The zero-order valence-corrected chi connectivity index (χ0v) is 52.7. The number of hydrogen-bond donors (Lipinski definition) is 2. The number of carbonyl (C=O) groups is 4. The molecule has 2 aliphatic heterocycles. The maximum Gasteiger partial charge on any atom is 0.270 e. The van der Waals surface area contributed by atoms with Gasteiger partial charge in [0, 0.05) is 110 Å². The monoisotopic (exact) mass is 1260 g/mol. The minimum absolute atomic E-state index is 0.155. The largest absolute Gasteiger partial charge is 0.495 e. The lowest BCUT2D eigenvalue weighted by Crippen LogP contribution is -2.39. The van der Waals surface area contributed by atoms with Crippen LogP contribution in [0.2, 0.25) is 0 Å². The quantitative estimate of drug-likeness (QED) is 0.0862. The molecule has 2 saturated heterocycles. The van der Waals surface area contributed by atoms with E-state index in [0.29, 0.717) is 153 Å². The molecule has 2 aliphatic rings. The number of furan rings is 2. The van der Waals surface area contributed by atoms with Crippen molar-refractivity contribution in [2.45, 2.75) is 64.2 Å². The Kier molecular flexibility index (Phi) is 17.3. The van der Waals surface area contributed by atoms with Gasteiger partial charge in [-0.1, -0.05) is 38.1 Å². The van der Waals surface area contributed by atoms with Crippen molar-refractivity contribution in [3.8, 4) is 34.1 Å². The molecule has 0 aliphatic carbocycles. The van der Waals surface area contributed by atoms with Gasteiger partial charge < -0.3 is 38.1 Å². The normalized spacial score (nSPS) is 15.5. The molecule has 2 amide bonds. The number of piperidine rings is 2. The van der Waals surface area contributed by atoms with Gasteiger partial charge in [-0.05, 0) is 122 Å². The highest BCUT2D eigenvalue weighted by Crippen LogP contribution is 2.45. The van der Waals surface area contributed by atoms with Gasteiger partial charge in [-0.25, -0.2) is 25.6 Å². The van der Waals surface area contributed by atoms with Gasteiger partial charge in [-0.3, -0.25) is 27.8 Å². The molecule has 0 bridgehead atoms. The molecule has 0 spiro atoms. The van der Waals surface area contributed by atoms with Crippen LogP contribution in [0.15, 0.2) is 130 Å². The summed E-state index contributed by atoms with van der Waals surface area (Å²) in [6.45, 7) is 5.30. The highest BCUT2D eigenvalue weighted by Gasteiger charge is 2.35. The van der Waals surface area contributed by atoms with Gasteiger partial charge in [-0.15, -0.1) is 0 Å². The van der Waals surface area contributed by atoms with Crippen LogP contribution in [0.5, 0.6) is 11.5 Å². The molecular weight excluding hydrogens is 1190 g/mol. The lowest BCUT2D eigenvalue weighted by molar-refractivity contribution is 0.0695. The molecule has 2 fully saturated rings. The molecule has 0 radical (unpaired) electrons. The van der Waals surface area contributed by atoms with Crippen molar-refractivity contribution in [2.24, 2.45) is 0 Å². The van der Waals surface area contributed by atoms with Crippen molar-refractivity contribution in [2.75, 3.05) is 75.6 Å². The van der Waals surface area contributed by atoms with E-state index in [-0.39, 0.29) is 48.1 Å². The van der Waals surface area contributed by atoms with Crippen LogP contribution in [0.3, 0.4) is 0 Å². The predicted octanol–water partition coefficient (Wildman–Crippen LogP) is 13.5. The molecule has 22 heteroatoms. The van der Waals surface area contributed by atoms with Gasteiger partial charge in [0.2, 0.25) is 20.0 Å². The van der Waals surface area contributed by atoms with Gasteiger partial charge in [0.15, 0.2) is 11.6 Å². The number of sulfonamides is 2. The predicted molar refractivity (Wildman–Crippen MR) is 344 cm³/mol. The molecule has 0 saturated carbocycles. The number of ketones is 2. The van der Waals surface area contributed by atoms with Crippen molar-refractivity contribution < 1.29 is 63.1 Å². The Morgan fingerprint density at radius 1 is 0.567 bits per heavy atom. The number of fused-ring (bicyclic) bond motifs is 4. The molecule has 18 nitrogen and oxygen atoms in total. The van der Waals surface area contributed by atoms with Crippen molar-refractivity contribution in [3.05, 3.63) is 167 Å². The second-order valence-corrected chi connectivity index (χ2v) is 26.9. The SMILES string of the molecule is CCC(=O)c1c(-c2ccc(F)cc2)oc2cc(N(C)S(C)(=O)=O)c([C@@H]3CCCN(C(=O)c4cc5cccc(OC)c5[nH]4)C3)cc12.CCC(=O)c1c(-c2ccc(F)cc2)oc2cc(N(C)S(C)(=O)=O)c([C@H]3CCCN(C(=O)c4cc5cccc(OC)c5[nH]4)C3)cc12. The van der Waals surface area contributed by atoms with E-state index in [2.05, 4.69) is 9.97 Å². The second kappa shape index (κ2) is 24.9. The first-order chi connectivity index (χ1) is 43.0. The van der Waals surface area contributed by atoms with E-state index in [1.165, 1.54) is 47.0 Å². The summed E-state index contributed by atoms with van der Waals surface area (Å²) in [6, 6.07) is 33.2. The molecule has 90 heavy (non-hydrogen) atoms. The summed E-state index contributed by atoms with van der Waals surface area (Å²) in [6.07, 6.45) is 5.49. The Bertz CT molecular complexity index is 4390. The summed E-state index contributed by atoms with van der Waals surface area (Å²) in [7, 11) is -1.24. The molecule has 4 aromatic heterocycles. The van der Waals surface area contributed by atoms with E-state index in [0.717, 1.165) is 34.3 Å². The summed E-state index contributed by atoms with van der Waals surface area (Å²) < 4.78 is 104. The molecule has 2 atom stereocenters. The number of nitrogens with zero attached hydrogens (tertiary/aromatic N) is 4. The van der Waals surface area contributed by atoms with E-state index in [1.54, 1.807) is 74.3 Å². The zero-order valence-electron chi connectivity index (χ0n) is 51.0. The molecule has 12 rings (SSSR count). The van der Waals surface area contributed by atoms with Crippen LogP contribution in [0.4, 0.5) is 20.2 Å². The number of likely N-dealkylation sites (tertiary alicyclic amines) is 2. The summed E-state index contributed by atoms with van der Waals surface area (Å²) in [4.78, 5) is 64.2. The minimum atomic E-state index is -3.68. The Labute approximate surface area is 519 Å². The highest BCUT2D eigenvalue weighted by atomic mass is 32.2. The Hall–Kier alpha value is -9.28. The Morgan fingerprint density at radius 2 is 0.944 bits per heavy atom. The average molecular weight is 1260 g/mol. The smallest absolute Gasteiger partial charge is 0.270 e. The van der Waals surface area contributed by atoms with Crippen molar-refractivity contribution in [3.63, 3.8) is 0 Å². The van der Waals surface area contributed by atoms with Crippen LogP contribution in [0, 0.1) is 11.6 Å². The summed E-state index contributed by atoms with van der Waals surface area (Å²) in [5.74, 6) is -0.0328. The van der Waals surface area contributed by atoms with Gasteiger partial charge in [-0.2, -0.15) is 0 Å².